The van der Waals surface area contributed by atoms with Gasteiger partial charge in [-0.2, -0.15) is 0 Å². The molecule has 26 heavy (non-hydrogen) atoms. The smallest absolute Gasteiger partial charge is 0.276 e. The summed E-state index contributed by atoms with van der Waals surface area (Å²) < 4.78 is 29.6. The van der Waals surface area contributed by atoms with Crippen LogP contribution in [0, 0.1) is 19.7 Å². The SMILES string of the molecule is Cc1ccc(C)c(OCc2nnc(SCCOc3ccc(F)cc3)o2)c1. The molecule has 3 rings (SSSR count). The number of benzene rings is 2. The van der Waals surface area contributed by atoms with Gasteiger partial charge < -0.3 is 13.9 Å². The predicted molar refractivity (Wildman–Crippen MR) is 97.2 cm³/mol. The van der Waals surface area contributed by atoms with Crippen LogP contribution in [0.2, 0.25) is 0 Å². The molecule has 7 heteroatoms. The van der Waals surface area contributed by atoms with Crippen molar-refractivity contribution in [2.45, 2.75) is 25.7 Å². The summed E-state index contributed by atoms with van der Waals surface area (Å²) in [6.45, 7) is 4.68. The van der Waals surface area contributed by atoms with E-state index in [0.29, 0.717) is 29.2 Å². The molecule has 0 atom stereocenters. The molecule has 0 aliphatic rings. The highest BCUT2D eigenvalue weighted by Crippen LogP contribution is 2.21. The molecule has 0 radical (unpaired) electrons. The zero-order chi connectivity index (χ0) is 18.4. The molecule has 0 fully saturated rings. The van der Waals surface area contributed by atoms with Crippen LogP contribution < -0.4 is 9.47 Å². The minimum Gasteiger partial charge on any atom is -0.493 e. The number of hydrogen-bond acceptors (Lipinski definition) is 6. The Hall–Kier alpha value is -2.54. The minimum absolute atomic E-state index is 0.226. The van der Waals surface area contributed by atoms with E-state index >= 15 is 0 Å². The summed E-state index contributed by atoms with van der Waals surface area (Å²) in [7, 11) is 0. The van der Waals surface area contributed by atoms with Gasteiger partial charge >= 0.3 is 0 Å². The molecule has 5 nitrogen and oxygen atoms in total. The number of rotatable bonds is 8. The predicted octanol–water partition coefficient (Wildman–Crippen LogP) is 4.58. The molecule has 2 aromatic carbocycles. The fraction of sp³-hybridized carbons (Fsp3) is 0.263. The van der Waals surface area contributed by atoms with Gasteiger partial charge in [0.05, 0.1) is 6.61 Å². The van der Waals surface area contributed by atoms with Crippen LogP contribution in [0.25, 0.3) is 0 Å². The monoisotopic (exact) mass is 374 g/mol. The van der Waals surface area contributed by atoms with Crippen molar-refractivity contribution in [1.82, 2.24) is 10.2 Å². The van der Waals surface area contributed by atoms with Crippen LogP contribution in [0.1, 0.15) is 17.0 Å². The Morgan fingerprint density at radius 1 is 1.04 bits per heavy atom. The Balaban J connectivity index is 1.43. The first kappa shape index (κ1) is 18.3. The van der Waals surface area contributed by atoms with E-state index in [-0.39, 0.29) is 12.4 Å². The summed E-state index contributed by atoms with van der Waals surface area (Å²) in [6, 6.07) is 11.9. The van der Waals surface area contributed by atoms with Gasteiger partial charge in [-0.1, -0.05) is 23.9 Å². The molecule has 0 saturated heterocycles. The topological polar surface area (TPSA) is 57.4 Å². The molecule has 0 aliphatic heterocycles. The highest BCUT2D eigenvalue weighted by Gasteiger charge is 2.09. The average molecular weight is 374 g/mol. The first-order valence-corrected chi connectivity index (χ1v) is 9.12. The Morgan fingerprint density at radius 2 is 1.85 bits per heavy atom. The highest BCUT2D eigenvalue weighted by molar-refractivity contribution is 7.99. The fourth-order valence-corrected chi connectivity index (χ4v) is 2.77. The number of thioether (sulfide) groups is 1. The van der Waals surface area contributed by atoms with E-state index in [1.807, 2.05) is 32.0 Å². The molecular weight excluding hydrogens is 355 g/mol. The van der Waals surface area contributed by atoms with E-state index in [4.69, 9.17) is 13.9 Å². The number of aryl methyl sites for hydroxylation is 2. The van der Waals surface area contributed by atoms with Crippen LogP contribution in [0.3, 0.4) is 0 Å². The van der Waals surface area contributed by atoms with Crippen molar-refractivity contribution in [3.63, 3.8) is 0 Å². The molecule has 0 unspecified atom stereocenters. The van der Waals surface area contributed by atoms with E-state index in [1.54, 1.807) is 12.1 Å². The zero-order valence-corrected chi connectivity index (χ0v) is 15.4. The molecule has 0 saturated carbocycles. The van der Waals surface area contributed by atoms with Gasteiger partial charge in [0.2, 0.25) is 0 Å². The van der Waals surface area contributed by atoms with Gasteiger partial charge in [0, 0.05) is 5.75 Å². The van der Waals surface area contributed by atoms with Crippen LogP contribution in [-0.4, -0.2) is 22.6 Å². The minimum atomic E-state index is -0.284. The van der Waals surface area contributed by atoms with Crippen LogP contribution in [-0.2, 0) is 6.61 Å². The molecule has 1 aromatic heterocycles. The van der Waals surface area contributed by atoms with Crippen LogP contribution in [0.5, 0.6) is 11.5 Å². The Morgan fingerprint density at radius 3 is 2.65 bits per heavy atom. The lowest BCUT2D eigenvalue weighted by molar-refractivity contribution is 0.250. The lowest BCUT2D eigenvalue weighted by Gasteiger charge is -2.07. The Labute approximate surface area is 155 Å². The van der Waals surface area contributed by atoms with E-state index < -0.39 is 0 Å². The number of nitrogens with zero attached hydrogens (tertiary/aromatic N) is 2. The quantitative estimate of drug-likeness (QED) is 0.425. The third-order valence-electron chi connectivity index (χ3n) is 3.53. The number of ether oxygens (including phenoxy) is 2. The molecule has 1 heterocycles. The molecule has 0 amide bonds. The second-order valence-corrected chi connectivity index (χ2v) is 6.72. The number of hydrogen-bond donors (Lipinski definition) is 0. The first-order chi connectivity index (χ1) is 12.6. The molecule has 0 spiro atoms. The number of aromatic nitrogens is 2. The second kappa shape index (κ2) is 8.71. The second-order valence-electron chi connectivity index (χ2n) is 5.67. The van der Waals surface area contributed by atoms with Gasteiger partial charge in [0.1, 0.15) is 17.3 Å². The molecule has 3 aromatic rings. The van der Waals surface area contributed by atoms with Crippen molar-refractivity contribution in [3.05, 3.63) is 65.3 Å². The summed E-state index contributed by atoms with van der Waals surface area (Å²) in [6.07, 6.45) is 0. The van der Waals surface area contributed by atoms with E-state index in [9.17, 15) is 4.39 Å². The molecule has 136 valence electrons. The van der Waals surface area contributed by atoms with Crippen molar-refractivity contribution in [2.24, 2.45) is 0 Å². The van der Waals surface area contributed by atoms with Crippen LogP contribution in [0.4, 0.5) is 4.39 Å². The highest BCUT2D eigenvalue weighted by atomic mass is 32.2. The summed E-state index contributed by atoms with van der Waals surface area (Å²) in [5.74, 6) is 2.21. The van der Waals surface area contributed by atoms with Crippen molar-refractivity contribution in [2.75, 3.05) is 12.4 Å². The number of halogens is 1. The maximum absolute atomic E-state index is 12.8. The first-order valence-electron chi connectivity index (χ1n) is 8.14. The van der Waals surface area contributed by atoms with Gasteiger partial charge in [0.25, 0.3) is 11.1 Å². The van der Waals surface area contributed by atoms with Crippen molar-refractivity contribution in [1.29, 1.82) is 0 Å². The van der Waals surface area contributed by atoms with Crippen molar-refractivity contribution >= 4 is 11.8 Å². The largest absolute Gasteiger partial charge is 0.493 e. The Kier molecular flexibility index (Phi) is 6.12. The summed E-state index contributed by atoms with van der Waals surface area (Å²) >= 11 is 1.40. The van der Waals surface area contributed by atoms with Crippen molar-refractivity contribution in [3.8, 4) is 11.5 Å². The maximum atomic E-state index is 12.8. The molecular formula is C19H19FN2O3S. The van der Waals surface area contributed by atoms with Gasteiger partial charge in [-0.3, -0.25) is 0 Å². The van der Waals surface area contributed by atoms with Crippen LogP contribution in [0.15, 0.2) is 52.1 Å². The standard InChI is InChI=1S/C19H19FN2O3S/c1-13-3-4-14(2)17(11-13)24-12-18-21-22-19(25-18)26-10-9-23-16-7-5-15(20)6-8-16/h3-8,11H,9-10,12H2,1-2H3. The normalized spacial score (nSPS) is 10.7. The maximum Gasteiger partial charge on any atom is 0.276 e. The van der Waals surface area contributed by atoms with Crippen molar-refractivity contribution < 1.29 is 18.3 Å². The average Bonchev–Trinajstić information content (AvgIpc) is 3.09. The lowest BCUT2D eigenvalue weighted by Crippen LogP contribution is -2.00. The third kappa shape index (κ3) is 5.23. The lowest BCUT2D eigenvalue weighted by atomic mass is 10.1. The third-order valence-corrected chi connectivity index (χ3v) is 4.32. The van der Waals surface area contributed by atoms with E-state index in [2.05, 4.69) is 10.2 Å². The summed E-state index contributed by atoms with van der Waals surface area (Å²) in [4.78, 5) is 0. The molecule has 0 bridgehead atoms. The zero-order valence-electron chi connectivity index (χ0n) is 14.6. The van der Waals surface area contributed by atoms with Gasteiger partial charge in [-0.05, 0) is 55.3 Å². The van der Waals surface area contributed by atoms with E-state index in [0.717, 1.165) is 16.9 Å². The van der Waals surface area contributed by atoms with Crippen LogP contribution >= 0.6 is 11.8 Å². The van der Waals surface area contributed by atoms with Gasteiger partial charge in [-0.15, -0.1) is 10.2 Å². The fourth-order valence-electron chi connectivity index (χ4n) is 2.18. The molecule has 0 aliphatic carbocycles. The van der Waals surface area contributed by atoms with Gasteiger partial charge in [-0.25, -0.2) is 4.39 Å². The summed E-state index contributed by atoms with van der Waals surface area (Å²) in [5.41, 5.74) is 2.19. The Bertz CT molecular complexity index is 852. The van der Waals surface area contributed by atoms with Gasteiger partial charge in [0.15, 0.2) is 6.61 Å². The molecule has 0 N–H and O–H groups in total. The van der Waals surface area contributed by atoms with E-state index in [1.165, 1.54) is 23.9 Å². The summed E-state index contributed by atoms with van der Waals surface area (Å²) in [5, 5.41) is 8.44.